The molecule has 0 unspecified atom stereocenters. The third-order valence-electron chi connectivity index (χ3n) is 4.06. The number of carbonyl (C=O) groups is 1. The Hall–Kier alpha value is -2.41. The Labute approximate surface area is 164 Å². The first-order valence-corrected chi connectivity index (χ1v) is 9.74. The standard InChI is InChI=1S/C20H27N3O3S/c1-6-7-8-15-13-23(20(2,3)4)27-19(15)22-18(24)16-11-14(12-21-25)9-10-17(16)26-5/h9-13,25H,6-8H2,1-5H3/b21-12?,22-19-. The Balaban J connectivity index is 2.52. The van der Waals surface area contributed by atoms with Crippen molar-refractivity contribution in [2.75, 3.05) is 7.11 Å². The van der Waals surface area contributed by atoms with Gasteiger partial charge in [0, 0.05) is 17.3 Å². The molecule has 0 aliphatic heterocycles. The van der Waals surface area contributed by atoms with Gasteiger partial charge in [-0.15, -0.1) is 0 Å². The summed E-state index contributed by atoms with van der Waals surface area (Å²) in [4.78, 5) is 17.3. The van der Waals surface area contributed by atoms with Gasteiger partial charge in [0.25, 0.3) is 5.91 Å². The van der Waals surface area contributed by atoms with Crippen molar-refractivity contribution in [3.05, 3.63) is 45.8 Å². The number of hydrogen-bond donors (Lipinski definition) is 1. The lowest BCUT2D eigenvalue weighted by Gasteiger charge is -2.19. The fourth-order valence-corrected chi connectivity index (χ4v) is 3.56. The molecule has 0 saturated carbocycles. The summed E-state index contributed by atoms with van der Waals surface area (Å²) in [5.74, 6) is 0.0647. The van der Waals surface area contributed by atoms with E-state index in [1.807, 2.05) is 0 Å². The van der Waals surface area contributed by atoms with Crippen LogP contribution >= 0.6 is 11.5 Å². The third kappa shape index (κ3) is 5.29. The highest BCUT2D eigenvalue weighted by atomic mass is 32.1. The highest BCUT2D eigenvalue weighted by Gasteiger charge is 2.17. The summed E-state index contributed by atoms with van der Waals surface area (Å²) in [6, 6.07) is 4.99. The fourth-order valence-electron chi connectivity index (χ4n) is 2.53. The average Bonchev–Trinajstić information content (AvgIpc) is 3.03. The van der Waals surface area contributed by atoms with E-state index < -0.39 is 0 Å². The van der Waals surface area contributed by atoms with E-state index in [0.717, 1.165) is 29.5 Å². The topological polar surface area (TPSA) is 76.2 Å². The summed E-state index contributed by atoms with van der Waals surface area (Å²) in [5.41, 5.74) is 1.95. The lowest BCUT2D eigenvalue weighted by Crippen LogP contribution is -2.18. The molecular formula is C20H27N3O3S. The van der Waals surface area contributed by atoms with Crippen molar-refractivity contribution in [1.29, 1.82) is 0 Å². The number of benzene rings is 1. The Morgan fingerprint density at radius 3 is 2.70 bits per heavy atom. The van der Waals surface area contributed by atoms with Crippen molar-refractivity contribution < 1.29 is 14.7 Å². The van der Waals surface area contributed by atoms with Crippen molar-refractivity contribution in [3.8, 4) is 5.75 Å². The van der Waals surface area contributed by atoms with Gasteiger partial charge < -0.3 is 9.94 Å². The van der Waals surface area contributed by atoms with Gasteiger partial charge in [-0.3, -0.25) is 8.75 Å². The Morgan fingerprint density at radius 1 is 1.37 bits per heavy atom. The number of aryl methyl sites for hydroxylation is 1. The van der Waals surface area contributed by atoms with Gasteiger partial charge in [-0.2, -0.15) is 4.99 Å². The van der Waals surface area contributed by atoms with Crippen LogP contribution in [0.2, 0.25) is 0 Å². The summed E-state index contributed by atoms with van der Waals surface area (Å²) >= 11 is 1.49. The second-order valence-corrected chi connectivity index (χ2v) is 8.23. The molecule has 1 heterocycles. The van der Waals surface area contributed by atoms with Crippen LogP contribution < -0.4 is 9.41 Å². The van der Waals surface area contributed by atoms with E-state index in [1.54, 1.807) is 18.2 Å². The number of methoxy groups -OCH3 is 1. The van der Waals surface area contributed by atoms with E-state index in [1.165, 1.54) is 24.9 Å². The van der Waals surface area contributed by atoms with Gasteiger partial charge in [0.2, 0.25) is 0 Å². The predicted molar refractivity (Wildman–Crippen MR) is 108 cm³/mol. The average molecular weight is 390 g/mol. The first-order chi connectivity index (χ1) is 12.8. The lowest BCUT2D eigenvalue weighted by atomic mass is 10.1. The molecular weight excluding hydrogens is 362 g/mol. The number of amides is 1. The summed E-state index contributed by atoms with van der Waals surface area (Å²) in [6.07, 6.45) is 6.37. The second-order valence-electron chi connectivity index (χ2n) is 7.27. The molecule has 0 atom stereocenters. The van der Waals surface area contributed by atoms with Gasteiger partial charge >= 0.3 is 0 Å². The van der Waals surface area contributed by atoms with Gasteiger partial charge in [0.1, 0.15) is 10.4 Å². The van der Waals surface area contributed by atoms with Crippen LogP contribution in [0.3, 0.4) is 0 Å². The molecule has 1 amide bonds. The molecule has 0 fully saturated rings. The molecule has 1 aromatic heterocycles. The van der Waals surface area contributed by atoms with E-state index in [0.29, 0.717) is 16.9 Å². The quantitative estimate of drug-likeness (QED) is 0.457. The molecule has 0 bridgehead atoms. The molecule has 2 aromatic rings. The van der Waals surface area contributed by atoms with Crippen LogP contribution in [-0.2, 0) is 12.0 Å². The molecule has 0 aliphatic carbocycles. The van der Waals surface area contributed by atoms with E-state index in [9.17, 15) is 4.79 Å². The zero-order valence-electron chi connectivity index (χ0n) is 16.5. The molecule has 0 aliphatic rings. The lowest BCUT2D eigenvalue weighted by molar-refractivity contribution is 0.0996. The van der Waals surface area contributed by atoms with E-state index >= 15 is 0 Å². The fraction of sp³-hybridized carbons (Fsp3) is 0.450. The number of aromatic nitrogens is 1. The smallest absolute Gasteiger partial charge is 0.282 e. The zero-order chi connectivity index (χ0) is 20.0. The van der Waals surface area contributed by atoms with Crippen LogP contribution in [0.4, 0.5) is 0 Å². The second kappa shape index (κ2) is 8.99. The minimum atomic E-state index is -0.374. The van der Waals surface area contributed by atoms with E-state index in [4.69, 9.17) is 9.94 Å². The van der Waals surface area contributed by atoms with Crippen molar-refractivity contribution >= 4 is 23.7 Å². The predicted octanol–water partition coefficient (Wildman–Crippen LogP) is 4.21. The molecule has 1 aromatic carbocycles. The zero-order valence-corrected chi connectivity index (χ0v) is 17.3. The van der Waals surface area contributed by atoms with Crippen LogP contribution in [-0.4, -0.2) is 28.4 Å². The maximum Gasteiger partial charge on any atom is 0.282 e. The van der Waals surface area contributed by atoms with Crippen LogP contribution in [0.1, 0.15) is 62.0 Å². The number of hydrogen-bond acceptors (Lipinski definition) is 5. The summed E-state index contributed by atoms with van der Waals surface area (Å²) in [6.45, 7) is 8.52. The molecule has 146 valence electrons. The minimum Gasteiger partial charge on any atom is -0.496 e. The molecule has 2 rings (SSSR count). The number of nitrogens with zero attached hydrogens (tertiary/aromatic N) is 3. The van der Waals surface area contributed by atoms with Crippen molar-refractivity contribution in [2.24, 2.45) is 10.1 Å². The van der Waals surface area contributed by atoms with E-state index in [-0.39, 0.29) is 11.4 Å². The highest BCUT2D eigenvalue weighted by molar-refractivity contribution is 7.04. The molecule has 0 radical (unpaired) electrons. The largest absolute Gasteiger partial charge is 0.496 e. The molecule has 27 heavy (non-hydrogen) atoms. The third-order valence-corrected chi connectivity index (χ3v) is 5.43. The molecule has 7 heteroatoms. The van der Waals surface area contributed by atoms with Crippen LogP contribution in [0, 0.1) is 0 Å². The van der Waals surface area contributed by atoms with Gasteiger partial charge in [-0.05, 0) is 68.9 Å². The van der Waals surface area contributed by atoms with Gasteiger partial charge in [-0.25, -0.2) is 0 Å². The Morgan fingerprint density at radius 2 is 2.11 bits per heavy atom. The first-order valence-electron chi connectivity index (χ1n) is 8.97. The molecule has 0 saturated heterocycles. The SMILES string of the molecule is CCCCc1cn(C(C)(C)C)s/c1=N\C(=O)c1cc(C=NO)ccc1OC. The van der Waals surface area contributed by atoms with Crippen LogP contribution in [0.25, 0.3) is 0 Å². The molecule has 1 N–H and O–H groups in total. The molecule has 0 spiro atoms. The normalized spacial score (nSPS) is 12.7. The van der Waals surface area contributed by atoms with Gasteiger partial charge in [0.15, 0.2) is 0 Å². The van der Waals surface area contributed by atoms with Crippen molar-refractivity contribution in [1.82, 2.24) is 3.96 Å². The number of rotatable bonds is 6. The summed E-state index contributed by atoms with van der Waals surface area (Å²) in [5, 5.41) is 11.8. The van der Waals surface area contributed by atoms with Crippen LogP contribution in [0.15, 0.2) is 34.5 Å². The van der Waals surface area contributed by atoms with Gasteiger partial charge in [0.05, 0.1) is 18.9 Å². The van der Waals surface area contributed by atoms with E-state index in [2.05, 4.69) is 48.0 Å². The van der Waals surface area contributed by atoms with Crippen LogP contribution in [0.5, 0.6) is 5.75 Å². The Kier molecular flexibility index (Phi) is 6.96. The number of oxime groups is 1. The van der Waals surface area contributed by atoms with Crippen molar-refractivity contribution in [3.63, 3.8) is 0 Å². The summed E-state index contributed by atoms with van der Waals surface area (Å²) < 4.78 is 8.17. The minimum absolute atomic E-state index is 0.0718. The maximum atomic E-state index is 12.9. The van der Waals surface area contributed by atoms with Crippen molar-refractivity contribution in [2.45, 2.75) is 52.5 Å². The Bertz CT molecular complexity index is 889. The number of unbranched alkanes of at least 4 members (excludes halogenated alkanes) is 1. The maximum absolute atomic E-state index is 12.9. The monoisotopic (exact) mass is 389 g/mol. The van der Waals surface area contributed by atoms with Gasteiger partial charge in [-0.1, -0.05) is 18.5 Å². The number of carbonyl (C=O) groups excluding carboxylic acids is 1. The number of ether oxygens (including phenoxy) is 1. The summed E-state index contributed by atoms with van der Waals surface area (Å²) in [7, 11) is 1.51. The molecule has 6 nitrogen and oxygen atoms in total. The first kappa shape index (κ1) is 20.9. The highest BCUT2D eigenvalue weighted by Crippen LogP contribution is 2.21.